The maximum absolute atomic E-state index is 13.0. The first kappa shape index (κ1) is 18.6. The molecule has 0 radical (unpaired) electrons. The number of hydrogen-bond donors (Lipinski definition) is 1. The molecule has 1 amide bonds. The van der Waals surface area contributed by atoms with E-state index in [4.69, 9.17) is 4.74 Å². The van der Waals surface area contributed by atoms with Crippen molar-refractivity contribution in [3.63, 3.8) is 0 Å². The third-order valence-electron chi connectivity index (χ3n) is 4.17. The maximum Gasteiger partial charge on any atom is 0.263 e. The minimum Gasteiger partial charge on any atom is -0.481 e. The summed E-state index contributed by atoms with van der Waals surface area (Å²) >= 11 is 0. The van der Waals surface area contributed by atoms with Crippen LogP contribution >= 0.6 is 0 Å². The van der Waals surface area contributed by atoms with Gasteiger partial charge in [-0.2, -0.15) is 0 Å². The Balaban J connectivity index is 1.75. The van der Waals surface area contributed by atoms with Crippen LogP contribution in [0, 0.1) is 5.82 Å². The lowest BCUT2D eigenvalue weighted by Gasteiger charge is -2.24. The third kappa shape index (κ3) is 4.31. The summed E-state index contributed by atoms with van der Waals surface area (Å²) < 4.78 is 18.6. The molecule has 7 heteroatoms. The van der Waals surface area contributed by atoms with Crippen LogP contribution in [0.5, 0.6) is 5.75 Å². The second-order valence-electron chi connectivity index (χ2n) is 6.10. The van der Waals surface area contributed by atoms with Crippen molar-refractivity contribution in [2.75, 3.05) is 6.54 Å². The molecule has 0 aliphatic rings. The molecule has 0 saturated carbocycles. The SMILES string of the molecule is CCN(Cc1nc2ccccc2c(=O)[nH]1)C(=O)C(C)Oc1ccc(F)cc1. The van der Waals surface area contributed by atoms with E-state index in [0.717, 1.165) is 0 Å². The molecule has 1 N–H and O–H groups in total. The van der Waals surface area contributed by atoms with Crippen LogP contribution in [-0.4, -0.2) is 33.4 Å². The van der Waals surface area contributed by atoms with Gasteiger partial charge in [0.15, 0.2) is 6.10 Å². The number of aromatic amines is 1. The Hall–Kier alpha value is -3.22. The highest BCUT2D eigenvalue weighted by Gasteiger charge is 2.22. The van der Waals surface area contributed by atoms with E-state index in [0.29, 0.717) is 29.0 Å². The lowest BCUT2D eigenvalue weighted by atomic mass is 10.2. The molecular formula is C20H20FN3O3. The van der Waals surface area contributed by atoms with Gasteiger partial charge in [0, 0.05) is 6.54 Å². The van der Waals surface area contributed by atoms with E-state index in [2.05, 4.69) is 9.97 Å². The average molecular weight is 369 g/mol. The molecule has 3 aromatic rings. The van der Waals surface area contributed by atoms with Crippen LogP contribution in [0.1, 0.15) is 19.7 Å². The van der Waals surface area contributed by atoms with E-state index in [9.17, 15) is 14.0 Å². The highest BCUT2D eigenvalue weighted by molar-refractivity contribution is 5.81. The summed E-state index contributed by atoms with van der Waals surface area (Å²) in [5.74, 6) is 0.189. The van der Waals surface area contributed by atoms with Gasteiger partial charge in [-0.3, -0.25) is 9.59 Å². The second-order valence-corrected chi connectivity index (χ2v) is 6.10. The quantitative estimate of drug-likeness (QED) is 0.725. The van der Waals surface area contributed by atoms with Gasteiger partial charge in [-0.05, 0) is 50.2 Å². The number of fused-ring (bicyclic) bond motifs is 1. The number of likely N-dealkylation sites (N-methyl/N-ethyl adjacent to an activating group) is 1. The van der Waals surface area contributed by atoms with Gasteiger partial charge in [-0.15, -0.1) is 0 Å². The number of para-hydroxylation sites is 1. The predicted octanol–water partition coefficient (Wildman–Crippen LogP) is 2.88. The zero-order valence-electron chi connectivity index (χ0n) is 15.1. The number of amides is 1. The molecule has 6 nitrogen and oxygen atoms in total. The summed E-state index contributed by atoms with van der Waals surface area (Å²) in [7, 11) is 0. The number of ether oxygens (including phenoxy) is 1. The highest BCUT2D eigenvalue weighted by Crippen LogP contribution is 2.15. The van der Waals surface area contributed by atoms with Gasteiger partial charge >= 0.3 is 0 Å². The Labute approximate surface area is 155 Å². The average Bonchev–Trinajstić information content (AvgIpc) is 2.67. The summed E-state index contributed by atoms with van der Waals surface area (Å²) in [6.07, 6.45) is -0.761. The molecular weight excluding hydrogens is 349 g/mol. The van der Waals surface area contributed by atoms with E-state index in [1.54, 1.807) is 36.1 Å². The predicted molar refractivity (Wildman–Crippen MR) is 99.9 cm³/mol. The summed E-state index contributed by atoms with van der Waals surface area (Å²) in [5, 5.41) is 0.503. The van der Waals surface area contributed by atoms with Gasteiger partial charge in [-0.25, -0.2) is 9.37 Å². The number of carbonyl (C=O) groups excluding carboxylic acids is 1. The summed E-state index contributed by atoms with van der Waals surface area (Å²) in [4.78, 5) is 33.6. The number of rotatable bonds is 6. The van der Waals surface area contributed by atoms with Crippen molar-refractivity contribution in [1.29, 1.82) is 0 Å². The van der Waals surface area contributed by atoms with E-state index < -0.39 is 6.10 Å². The van der Waals surface area contributed by atoms with Crippen LogP contribution < -0.4 is 10.3 Å². The molecule has 0 bridgehead atoms. The first-order chi connectivity index (χ1) is 13.0. The van der Waals surface area contributed by atoms with E-state index >= 15 is 0 Å². The van der Waals surface area contributed by atoms with Crippen molar-refractivity contribution < 1.29 is 13.9 Å². The number of hydrogen-bond acceptors (Lipinski definition) is 4. The normalized spacial score (nSPS) is 12.0. The number of carbonyl (C=O) groups is 1. The van der Waals surface area contributed by atoms with Gasteiger partial charge in [-0.1, -0.05) is 12.1 Å². The largest absolute Gasteiger partial charge is 0.481 e. The monoisotopic (exact) mass is 369 g/mol. The maximum atomic E-state index is 13.0. The first-order valence-corrected chi connectivity index (χ1v) is 8.67. The smallest absolute Gasteiger partial charge is 0.263 e. The van der Waals surface area contributed by atoms with Crippen molar-refractivity contribution in [3.8, 4) is 5.75 Å². The zero-order chi connectivity index (χ0) is 19.4. The molecule has 3 rings (SSSR count). The second kappa shape index (κ2) is 7.99. The summed E-state index contributed by atoms with van der Waals surface area (Å²) in [6, 6.07) is 12.5. The molecule has 1 aromatic heterocycles. The van der Waals surface area contributed by atoms with E-state index in [-0.39, 0.29) is 23.8 Å². The first-order valence-electron chi connectivity index (χ1n) is 8.67. The van der Waals surface area contributed by atoms with Gasteiger partial charge in [0.05, 0.1) is 17.4 Å². The number of nitrogens with one attached hydrogen (secondary N) is 1. The molecule has 0 fully saturated rings. The van der Waals surface area contributed by atoms with Gasteiger partial charge in [0.25, 0.3) is 11.5 Å². The van der Waals surface area contributed by atoms with Crippen molar-refractivity contribution >= 4 is 16.8 Å². The van der Waals surface area contributed by atoms with Gasteiger partial charge in [0.1, 0.15) is 17.4 Å². The van der Waals surface area contributed by atoms with E-state index in [1.165, 1.54) is 24.3 Å². The minimum atomic E-state index is -0.761. The third-order valence-corrected chi connectivity index (χ3v) is 4.17. The van der Waals surface area contributed by atoms with Crippen LogP contribution in [0.15, 0.2) is 53.3 Å². The van der Waals surface area contributed by atoms with Crippen molar-refractivity contribution in [2.24, 2.45) is 0 Å². The molecule has 0 aliphatic carbocycles. The Morgan fingerprint density at radius 2 is 1.93 bits per heavy atom. The summed E-state index contributed by atoms with van der Waals surface area (Å²) in [5.41, 5.74) is 0.338. The molecule has 1 heterocycles. The number of aromatic nitrogens is 2. The molecule has 27 heavy (non-hydrogen) atoms. The highest BCUT2D eigenvalue weighted by atomic mass is 19.1. The molecule has 140 valence electrons. The zero-order valence-corrected chi connectivity index (χ0v) is 15.1. The van der Waals surface area contributed by atoms with Crippen LogP contribution in [0.25, 0.3) is 10.9 Å². The van der Waals surface area contributed by atoms with Crippen LogP contribution in [0.4, 0.5) is 4.39 Å². The fourth-order valence-corrected chi connectivity index (χ4v) is 2.76. The Morgan fingerprint density at radius 1 is 1.22 bits per heavy atom. The minimum absolute atomic E-state index is 0.159. The Bertz CT molecular complexity index is 1000. The standard InChI is InChI=1S/C20H20FN3O3/c1-3-24(20(26)13(2)27-15-10-8-14(21)9-11-15)12-18-22-17-7-5-4-6-16(17)19(25)23-18/h4-11,13H,3,12H2,1-2H3,(H,22,23,25). The molecule has 1 unspecified atom stereocenters. The van der Waals surface area contributed by atoms with Crippen LogP contribution in [0.3, 0.4) is 0 Å². The fraction of sp³-hybridized carbons (Fsp3) is 0.250. The molecule has 0 spiro atoms. The lowest BCUT2D eigenvalue weighted by Crippen LogP contribution is -2.40. The molecule has 1 atom stereocenters. The van der Waals surface area contributed by atoms with Crippen LogP contribution in [0.2, 0.25) is 0 Å². The summed E-state index contributed by atoms with van der Waals surface area (Å²) in [6.45, 7) is 4.05. The lowest BCUT2D eigenvalue weighted by molar-refractivity contribution is -0.138. The van der Waals surface area contributed by atoms with E-state index in [1.807, 2.05) is 6.92 Å². The van der Waals surface area contributed by atoms with Crippen molar-refractivity contribution in [3.05, 3.63) is 70.5 Å². The Morgan fingerprint density at radius 3 is 2.63 bits per heavy atom. The van der Waals surface area contributed by atoms with Gasteiger partial charge in [0.2, 0.25) is 0 Å². The van der Waals surface area contributed by atoms with Gasteiger partial charge < -0.3 is 14.6 Å². The number of benzene rings is 2. The fourth-order valence-electron chi connectivity index (χ4n) is 2.76. The number of H-pyrrole nitrogens is 1. The topological polar surface area (TPSA) is 75.3 Å². The van der Waals surface area contributed by atoms with Crippen molar-refractivity contribution in [1.82, 2.24) is 14.9 Å². The Kier molecular flexibility index (Phi) is 5.49. The van der Waals surface area contributed by atoms with Crippen LogP contribution in [-0.2, 0) is 11.3 Å². The molecule has 2 aromatic carbocycles. The van der Waals surface area contributed by atoms with Crippen molar-refractivity contribution in [2.45, 2.75) is 26.5 Å². The molecule has 0 saturated heterocycles. The number of nitrogens with zero attached hydrogens (tertiary/aromatic N) is 2. The molecule has 0 aliphatic heterocycles. The number of halogens is 1.